The summed E-state index contributed by atoms with van der Waals surface area (Å²) >= 11 is 0. The first-order valence-corrected chi connectivity index (χ1v) is 21.4. The van der Waals surface area contributed by atoms with Gasteiger partial charge in [0.15, 0.2) is 0 Å². The highest BCUT2D eigenvalue weighted by atomic mass is 16.5. The van der Waals surface area contributed by atoms with Crippen LogP contribution in [0.3, 0.4) is 0 Å². The van der Waals surface area contributed by atoms with E-state index in [1.54, 1.807) is 24.3 Å². The Morgan fingerprint density at radius 3 is 1.06 bits per heavy atom. The van der Waals surface area contributed by atoms with Gasteiger partial charge in [0.05, 0.1) is 24.5 Å². The van der Waals surface area contributed by atoms with Crippen molar-refractivity contribution in [3.05, 3.63) is 204 Å². The van der Waals surface area contributed by atoms with E-state index in [-0.39, 0.29) is 38.1 Å². The van der Waals surface area contributed by atoms with Crippen LogP contribution in [0.1, 0.15) is 46.9 Å². The van der Waals surface area contributed by atoms with Gasteiger partial charge in [0.25, 0.3) is 0 Å². The van der Waals surface area contributed by atoms with Gasteiger partial charge in [0, 0.05) is 24.3 Å². The molecule has 7 aromatic rings. The van der Waals surface area contributed by atoms with Crippen molar-refractivity contribution in [3.8, 4) is 33.8 Å². The van der Waals surface area contributed by atoms with E-state index in [1.165, 1.54) is 44.5 Å². The number of aliphatic hydroxyl groups excluding tert-OH is 2. The summed E-state index contributed by atoms with van der Waals surface area (Å²) < 4.78 is 12.0. The largest absolute Gasteiger partial charge is 0.491 e. The van der Waals surface area contributed by atoms with Gasteiger partial charge in [-0.25, -0.2) is 0 Å². The number of fused-ring (bicyclic) bond motifs is 6. The summed E-state index contributed by atoms with van der Waals surface area (Å²) in [5.41, 5.74) is 12.2. The van der Waals surface area contributed by atoms with Crippen molar-refractivity contribution in [1.82, 2.24) is 0 Å². The van der Waals surface area contributed by atoms with E-state index < -0.39 is 12.2 Å². The topological polar surface area (TPSA) is 90.1 Å². The van der Waals surface area contributed by atoms with E-state index in [9.17, 15) is 10.2 Å². The minimum Gasteiger partial charge on any atom is -0.491 e. The molecule has 2 unspecified atom stereocenters. The van der Waals surface area contributed by atoms with Gasteiger partial charge in [0.2, 0.25) is 0 Å². The molecule has 310 valence electrons. The molecule has 2 aliphatic rings. The molecular weight excluding hydrogens is 769 g/mol. The Labute approximate surface area is 363 Å². The molecule has 62 heavy (non-hydrogen) atoms. The lowest BCUT2D eigenvalue weighted by Gasteiger charge is -2.23. The maximum absolute atomic E-state index is 11.1. The Balaban J connectivity index is 0.774. The first-order valence-electron chi connectivity index (χ1n) is 21.4. The summed E-state index contributed by atoms with van der Waals surface area (Å²) in [7, 11) is 0. The minimum absolute atomic E-state index is 0.0801. The number of anilines is 2. The zero-order valence-electron chi connectivity index (χ0n) is 34.5. The molecule has 0 heterocycles. The van der Waals surface area contributed by atoms with Crippen LogP contribution in [0.5, 0.6) is 11.5 Å². The first-order chi connectivity index (χ1) is 30.6. The summed E-state index contributed by atoms with van der Waals surface area (Å²) in [6.07, 6.45) is 3.77. The highest BCUT2D eigenvalue weighted by molar-refractivity contribution is 5.82. The van der Waals surface area contributed by atoms with Crippen molar-refractivity contribution in [2.75, 3.05) is 36.3 Å². The van der Waals surface area contributed by atoms with E-state index in [0.717, 1.165) is 24.2 Å². The van der Waals surface area contributed by atoms with Gasteiger partial charge < -0.3 is 19.7 Å². The second kappa shape index (κ2) is 19.1. The molecule has 0 aliphatic heterocycles. The van der Waals surface area contributed by atoms with Crippen LogP contribution in [-0.2, 0) is 0 Å². The van der Waals surface area contributed by atoms with Crippen LogP contribution < -0.4 is 19.5 Å². The van der Waals surface area contributed by atoms with Crippen molar-refractivity contribution in [3.63, 3.8) is 0 Å². The number of hydrogen-bond acceptors (Lipinski definition) is 8. The third-order valence-corrected chi connectivity index (χ3v) is 11.6. The molecule has 0 amide bonds. The average Bonchev–Trinajstić information content (AvgIpc) is 3.82. The molecule has 0 fully saturated rings. The number of hydrazone groups is 2. The number of para-hydroxylation sites is 2. The summed E-state index contributed by atoms with van der Waals surface area (Å²) in [6.45, 7) is 0.668. The zero-order valence-corrected chi connectivity index (χ0v) is 34.5. The standard InChI is InChI=1S/C54H50N4O4/c59-41(35-57(39-15-3-1-4-16-39)55-33-31-53-49-23-11-7-19-45(49)46-20-8-12-24-50(46)53)37-61-43-27-29-44(30-28-43)62-38-42(60)36-58(40-17-5-2-6-18-40)56-34-32-54-51-25-13-9-21-47(51)48-22-10-14-26-52(48)54/h1-30,33-34,41-42,53-54,59-60H,31-32,35-38H2/b55-33+,56-34+. The predicted molar refractivity (Wildman–Crippen MR) is 251 cm³/mol. The van der Waals surface area contributed by atoms with Crippen LogP contribution in [0.4, 0.5) is 11.4 Å². The average molecular weight is 819 g/mol. The second-order valence-electron chi connectivity index (χ2n) is 15.8. The second-order valence-corrected chi connectivity index (χ2v) is 15.8. The van der Waals surface area contributed by atoms with Crippen LogP contribution in [-0.4, -0.2) is 61.2 Å². The zero-order chi connectivity index (χ0) is 42.1. The first kappa shape index (κ1) is 40.4. The Kier molecular flexibility index (Phi) is 12.5. The van der Waals surface area contributed by atoms with Crippen molar-refractivity contribution >= 4 is 23.8 Å². The summed E-state index contributed by atoms with van der Waals surface area (Å²) in [5.74, 6) is 1.64. The predicted octanol–water partition coefficient (Wildman–Crippen LogP) is 10.6. The molecule has 2 N–H and O–H groups in total. The molecule has 2 aliphatic carbocycles. The lowest BCUT2D eigenvalue weighted by molar-refractivity contribution is 0.110. The minimum atomic E-state index is -0.814. The number of ether oxygens (including phenoxy) is 2. The molecular formula is C54H50N4O4. The molecule has 0 spiro atoms. The Hall–Kier alpha value is -7.00. The van der Waals surface area contributed by atoms with E-state index in [0.29, 0.717) is 11.5 Å². The highest BCUT2D eigenvalue weighted by Crippen LogP contribution is 2.47. The number of aliphatic hydroxyl groups is 2. The molecule has 0 aromatic heterocycles. The van der Waals surface area contributed by atoms with Crippen molar-refractivity contribution in [2.24, 2.45) is 10.2 Å². The van der Waals surface area contributed by atoms with Gasteiger partial charge in [-0.3, -0.25) is 10.0 Å². The molecule has 9 rings (SSSR count). The summed E-state index contributed by atoms with van der Waals surface area (Å²) in [6, 6.07) is 61.4. The van der Waals surface area contributed by atoms with E-state index in [2.05, 4.69) is 97.1 Å². The fourth-order valence-electron chi connectivity index (χ4n) is 8.69. The molecule has 0 saturated carbocycles. The normalized spacial score (nSPS) is 14.0. The molecule has 8 heteroatoms. The van der Waals surface area contributed by atoms with E-state index >= 15 is 0 Å². The SMILES string of the molecule is OC(COc1ccc(OCC(O)CN(/N=C/CC2c3ccccc3-c3ccccc32)c2ccccc2)cc1)CN(/N=C/CC1c2ccccc2-c2ccccc21)c1ccccc1. The Morgan fingerprint density at radius 1 is 0.419 bits per heavy atom. The smallest absolute Gasteiger partial charge is 0.119 e. The van der Waals surface area contributed by atoms with Crippen molar-refractivity contribution < 1.29 is 19.7 Å². The highest BCUT2D eigenvalue weighted by Gasteiger charge is 2.28. The van der Waals surface area contributed by atoms with Crippen LogP contribution in [0.25, 0.3) is 22.3 Å². The molecule has 8 nitrogen and oxygen atoms in total. The summed E-state index contributed by atoms with van der Waals surface area (Å²) in [5, 5.41) is 35.7. The van der Waals surface area contributed by atoms with Crippen LogP contribution in [0.2, 0.25) is 0 Å². The number of rotatable bonds is 18. The van der Waals surface area contributed by atoms with Gasteiger partial charge in [0.1, 0.15) is 36.9 Å². The van der Waals surface area contributed by atoms with Crippen molar-refractivity contribution in [1.29, 1.82) is 0 Å². The van der Waals surface area contributed by atoms with Crippen LogP contribution >= 0.6 is 0 Å². The van der Waals surface area contributed by atoms with E-state index in [1.807, 2.05) is 83.1 Å². The number of nitrogens with zero attached hydrogens (tertiary/aromatic N) is 4. The molecule has 2 atom stereocenters. The lowest BCUT2D eigenvalue weighted by Crippen LogP contribution is -2.33. The van der Waals surface area contributed by atoms with Gasteiger partial charge in [-0.05, 0) is 106 Å². The van der Waals surface area contributed by atoms with Gasteiger partial charge >= 0.3 is 0 Å². The Bertz CT molecular complexity index is 2340. The van der Waals surface area contributed by atoms with Gasteiger partial charge in [-0.2, -0.15) is 10.2 Å². The van der Waals surface area contributed by atoms with Crippen LogP contribution in [0.15, 0.2) is 192 Å². The van der Waals surface area contributed by atoms with Crippen molar-refractivity contribution in [2.45, 2.75) is 36.9 Å². The number of hydrogen-bond donors (Lipinski definition) is 2. The maximum Gasteiger partial charge on any atom is 0.119 e. The Morgan fingerprint density at radius 2 is 0.726 bits per heavy atom. The maximum atomic E-state index is 11.1. The van der Waals surface area contributed by atoms with Gasteiger partial charge in [-0.1, -0.05) is 133 Å². The van der Waals surface area contributed by atoms with E-state index in [4.69, 9.17) is 19.7 Å². The monoisotopic (exact) mass is 818 g/mol. The molecule has 0 saturated heterocycles. The molecule has 0 radical (unpaired) electrons. The fourth-order valence-corrected chi connectivity index (χ4v) is 8.69. The third kappa shape index (κ3) is 9.17. The quantitative estimate of drug-likeness (QED) is 0.0662. The molecule has 7 aromatic carbocycles. The summed E-state index contributed by atoms with van der Waals surface area (Å²) in [4.78, 5) is 0. The fraction of sp³-hybridized carbons (Fsp3) is 0.185. The molecule has 0 bridgehead atoms. The third-order valence-electron chi connectivity index (χ3n) is 11.6. The van der Waals surface area contributed by atoms with Gasteiger partial charge in [-0.15, -0.1) is 0 Å². The lowest BCUT2D eigenvalue weighted by atomic mass is 9.94. The van der Waals surface area contributed by atoms with Crippen LogP contribution in [0, 0.1) is 0 Å². The number of benzene rings is 7.